The van der Waals surface area contributed by atoms with E-state index >= 15 is 0 Å². The number of nitrogens with zero attached hydrogens (tertiary/aromatic N) is 4. The molecule has 4 heterocycles. The molecule has 6 heteroatoms. The lowest BCUT2D eigenvalue weighted by Gasteiger charge is -2.26. The highest BCUT2D eigenvalue weighted by Crippen LogP contribution is 2.25. The SMILES string of the molecule is Cc1cc2nn(CN3CCc4sccc4C3)c(=S)n2c2ccccc12. The average molecular weight is 367 g/mol. The second-order valence-electron chi connectivity index (χ2n) is 6.63. The van der Waals surface area contributed by atoms with Crippen molar-refractivity contribution in [1.29, 1.82) is 0 Å². The van der Waals surface area contributed by atoms with Crippen LogP contribution in [0.2, 0.25) is 0 Å². The van der Waals surface area contributed by atoms with Crippen LogP contribution in [0.5, 0.6) is 0 Å². The average Bonchev–Trinajstić information content (AvgIpc) is 3.20. The van der Waals surface area contributed by atoms with Crippen LogP contribution in [0, 0.1) is 11.7 Å². The first-order valence-electron chi connectivity index (χ1n) is 8.46. The van der Waals surface area contributed by atoms with E-state index < -0.39 is 0 Å². The molecule has 4 nitrogen and oxygen atoms in total. The molecule has 25 heavy (non-hydrogen) atoms. The molecule has 0 saturated heterocycles. The van der Waals surface area contributed by atoms with Gasteiger partial charge in [-0.2, -0.15) is 5.10 Å². The molecule has 0 aliphatic carbocycles. The minimum absolute atomic E-state index is 0.739. The molecule has 0 radical (unpaired) electrons. The number of rotatable bonds is 2. The molecule has 0 bridgehead atoms. The molecule has 126 valence electrons. The molecule has 0 saturated carbocycles. The van der Waals surface area contributed by atoms with E-state index in [0.29, 0.717) is 0 Å². The zero-order valence-electron chi connectivity index (χ0n) is 14.0. The van der Waals surface area contributed by atoms with E-state index in [4.69, 9.17) is 17.3 Å². The van der Waals surface area contributed by atoms with E-state index in [0.717, 1.165) is 42.1 Å². The number of fused-ring (bicyclic) bond motifs is 4. The molecule has 0 atom stereocenters. The Labute approximate surface area is 154 Å². The van der Waals surface area contributed by atoms with Crippen LogP contribution < -0.4 is 0 Å². The highest BCUT2D eigenvalue weighted by Gasteiger charge is 2.18. The Morgan fingerprint density at radius 3 is 3.04 bits per heavy atom. The first-order chi connectivity index (χ1) is 12.2. The van der Waals surface area contributed by atoms with Crippen molar-refractivity contribution < 1.29 is 0 Å². The van der Waals surface area contributed by atoms with Gasteiger partial charge in [-0.25, -0.2) is 4.68 Å². The van der Waals surface area contributed by atoms with E-state index in [2.05, 4.69) is 58.0 Å². The zero-order chi connectivity index (χ0) is 17.0. The molecular formula is C19H18N4S2. The van der Waals surface area contributed by atoms with Gasteiger partial charge in [0.2, 0.25) is 4.77 Å². The van der Waals surface area contributed by atoms with Crippen LogP contribution in [-0.4, -0.2) is 25.6 Å². The molecule has 0 spiro atoms. The van der Waals surface area contributed by atoms with Crippen LogP contribution in [0.3, 0.4) is 0 Å². The summed E-state index contributed by atoms with van der Waals surface area (Å²) in [5, 5.41) is 8.22. The number of hydrogen-bond donors (Lipinski definition) is 0. The van der Waals surface area contributed by atoms with Crippen molar-refractivity contribution in [2.24, 2.45) is 0 Å². The Morgan fingerprint density at radius 2 is 2.12 bits per heavy atom. The molecule has 1 aliphatic rings. The van der Waals surface area contributed by atoms with Gasteiger partial charge >= 0.3 is 0 Å². The van der Waals surface area contributed by atoms with Crippen LogP contribution in [0.1, 0.15) is 16.0 Å². The summed E-state index contributed by atoms with van der Waals surface area (Å²) in [6.45, 7) is 4.91. The van der Waals surface area contributed by atoms with Gasteiger partial charge in [0.05, 0.1) is 12.2 Å². The Hall–Kier alpha value is -2.02. The topological polar surface area (TPSA) is 25.5 Å². The van der Waals surface area contributed by atoms with Crippen molar-refractivity contribution in [2.45, 2.75) is 26.6 Å². The Bertz CT molecular complexity index is 1150. The number of pyridine rings is 1. The fourth-order valence-electron chi connectivity index (χ4n) is 3.73. The van der Waals surface area contributed by atoms with E-state index in [1.807, 2.05) is 16.0 Å². The lowest BCUT2D eigenvalue weighted by molar-refractivity contribution is 0.190. The fraction of sp³-hybridized carbons (Fsp3) is 0.263. The molecule has 0 fully saturated rings. The normalized spacial score (nSPS) is 15.1. The van der Waals surface area contributed by atoms with Gasteiger partial charge in [-0.15, -0.1) is 11.3 Å². The summed E-state index contributed by atoms with van der Waals surface area (Å²) in [6.07, 6.45) is 1.12. The molecule has 1 aromatic carbocycles. The quantitative estimate of drug-likeness (QED) is 0.492. The third-order valence-corrected chi connectivity index (χ3v) is 6.42. The number of hydrogen-bond acceptors (Lipinski definition) is 4. The number of aryl methyl sites for hydroxylation is 1. The molecule has 5 rings (SSSR count). The molecule has 0 amide bonds. The summed E-state index contributed by atoms with van der Waals surface area (Å²) in [5.41, 5.74) is 4.74. The van der Waals surface area contributed by atoms with Crippen molar-refractivity contribution in [3.05, 3.63) is 62.6 Å². The lowest BCUT2D eigenvalue weighted by atomic mass is 10.1. The predicted molar refractivity (Wildman–Crippen MR) is 105 cm³/mol. The largest absolute Gasteiger partial charge is 0.280 e. The van der Waals surface area contributed by atoms with Crippen LogP contribution in [-0.2, 0) is 19.6 Å². The summed E-state index contributed by atoms with van der Waals surface area (Å²) in [7, 11) is 0. The first kappa shape index (κ1) is 15.3. The number of aromatic nitrogens is 3. The van der Waals surface area contributed by atoms with E-state index in [1.165, 1.54) is 21.4 Å². The number of thiophene rings is 1. The zero-order valence-corrected chi connectivity index (χ0v) is 15.6. The standard InChI is InChI=1S/C19H18N4S2/c1-13-10-18-20-22(12-21-8-6-17-14(11-21)7-9-25-17)19(24)23(18)16-5-3-2-4-15(13)16/h2-5,7,9-10H,6,8,11-12H2,1H3. The third-order valence-electron chi connectivity index (χ3n) is 5.00. The molecule has 1 aliphatic heterocycles. The maximum Gasteiger partial charge on any atom is 0.204 e. The Morgan fingerprint density at radius 1 is 1.24 bits per heavy atom. The van der Waals surface area contributed by atoms with Crippen molar-refractivity contribution in [1.82, 2.24) is 19.1 Å². The van der Waals surface area contributed by atoms with Gasteiger partial charge in [-0.1, -0.05) is 18.2 Å². The van der Waals surface area contributed by atoms with Crippen molar-refractivity contribution in [3.8, 4) is 0 Å². The van der Waals surface area contributed by atoms with Crippen LogP contribution >= 0.6 is 23.6 Å². The highest BCUT2D eigenvalue weighted by atomic mass is 32.1. The predicted octanol–water partition coefficient (Wildman–Crippen LogP) is 4.40. The van der Waals surface area contributed by atoms with Gasteiger partial charge in [0.1, 0.15) is 0 Å². The summed E-state index contributed by atoms with van der Waals surface area (Å²) >= 11 is 7.64. The molecular weight excluding hydrogens is 348 g/mol. The van der Waals surface area contributed by atoms with Gasteiger partial charge in [0.25, 0.3) is 0 Å². The minimum Gasteiger partial charge on any atom is -0.280 e. The van der Waals surface area contributed by atoms with E-state index in [1.54, 1.807) is 0 Å². The number of para-hydroxylation sites is 1. The first-order valence-corrected chi connectivity index (χ1v) is 9.75. The maximum atomic E-state index is 5.77. The van der Waals surface area contributed by atoms with E-state index in [-0.39, 0.29) is 0 Å². The summed E-state index contributed by atoms with van der Waals surface area (Å²) in [6, 6.07) is 12.8. The Kier molecular flexibility index (Phi) is 3.51. The molecule has 4 aromatic rings. The molecule has 0 unspecified atom stereocenters. The number of benzene rings is 1. The Balaban J connectivity index is 1.58. The van der Waals surface area contributed by atoms with Gasteiger partial charge in [-0.3, -0.25) is 9.30 Å². The van der Waals surface area contributed by atoms with Crippen molar-refractivity contribution in [2.75, 3.05) is 6.54 Å². The van der Waals surface area contributed by atoms with Gasteiger partial charge < -0.3 is 0 Å². The summed E-state index contributed by atoms with van der Waals surface area (Å²) in [4.78, 5) is 3.95. The molecule has 3 aromatic heterocycles. The monoisotopic (exact) mass is 366 g/mol. The second-order valence-corrected chi connectivity index (χ2v) is 8.00. The molecule has 0 N–H and O–H groups in total. The van der Waals surface area contributed by atoms with E-state index in [9.17, 15) is 0 Å². The smallest absolute Gasteiger partial charge is 0.204 e. The van der Waals surface area contributed by atoms with Gasteiger partial charge in [0, 0.05) is 23.4 Å². The lowest BCUT2D eigenvalue weighted by Crippen LogP contribution is -2.32. The van der Waals surface area contributed by atoms with Gasteiger partial charge in [-0.05, 0) is 60.3 Å². The van der Waals surface area contributed by atoms with Gasteiger partial charge in [0.15, 0.2) is 5.65 Å². The third kappa shape index (κ3) is 2.44. The van der Waals surface area contributed by atoms with Crippen LogP contribution in [0.25, 0.3) is 16.6 Å². The summed E-state index contributed by atoms with van der Waals surface area (Å²) < 4.78 is 4.83. The van der Waals surface area contributed by atoms with Crippen molar-refractivity contribution >= 4 is 40.1 Å². The highest BCUT2D eigenvalue weighted by molar-refractivity contribution is 7.71. The minimum atomic E-state index is 0.739. The second kappa shape index (κ2) is 5.76. The fourth-order valence-corrected chi connectivity index (χ4v) is 4.91. The van der Waals surface area contributed by atoms with Crippen LogP contribution in [0.4, 0.5) is 0 Å². The van der Waals surface area contributed by atoms with Crippen LogP contribution in [0.15, 0.2) is 41.8 Å². The summed E-state index contributed by atoms with van der Waals surface area (Å²) in [5.74, 6) is 0. The van der Waals surface area contributed by atoms with Crippen molar-refractivity contribution in [3.63, 3.8) is 0 Å². The maximum absolute atomic E-state index is 5.77.